The monoisotopic (exact) mass is 235 g/mol. The van der Waals surface area contributed by atoms with Crippen molar-refractivity contribution in [2.75, 3.05) is 0 Å². The predicted octanol–water partition coefficient (Wildman–Crippen LogP) is 0.570. The van der Waals surface area contributed by atoms with E-state index < -0.39 is 5.97 Å². The summed E-state index contributed by atoms with van der Waals surface area (Å²) in [6, 6.07) is 0. The van der Waals surface area contributed by atoms with Crippen molar-refractivity contribution in [2.45, 2.75) is 20.3 Å². The first-order valence-corrected chi connectivity index (χ1v) is 5.22. The zero-order valence-corrected chi connectivity index (χ0v) is 9.88. The molecule has 2 rings (SSSR count). The minimum absolute atomic E-state index is 0.190. The Morgan fingerprint density at radius 2 is 2.18 bits per heavy atom. The molecule has 7 nitrogen and oxygen atoms in total. The lowest BCUT2D eigenvalue weighted by Gasteiger charge is -2.00. The van der Waals surface area contributed by atoms with Crippen LogP contribution in [0.25, 0.3) is 5.69 Å². The molecule has 0 unspecified atom stereocenters. The summed E-state index contributed by atoms with van der Waals surface area (Å²) in [5.74, 6) is -0.705. The Kier molecular flexibility index (Phi) is 2.66. The first-order chi connectivity index (χ1) is 8.02. The molecule has 0 aliphatic carbocycles. The SMILES string of the molecule is CCc1nc(C(=O)O)nn1-c1cn(C)nc1C. The number of hydrogen-bond acceptors (Lipinski definition) is 4. The van der Waals surface area contributed by atoms with Crippen molar-refractivity contribution in [1.29, 1.82) is 0 Å². The van der Waals surface area contributed by atoms with E-state index >= 15 is 0 Å². The van der Waals surface area contributed by atoms with Gasteiger partial charge in [-0.3, -0.25) is 4.68 Å². The summed E-state index contributed by atoms with van der Waals surface area (Å²) in [5.41, 5.74) is 1.54. The van der Waals surface area contributed by atoms with Gasteiger partial charge in [0.15, 0.2) is 0 Å². The molecule has 0 amide bonds. The summed E-state index contributed by atoms with van der Waals surface area (Å²) < 4.78 is 3.19. The highest BCUT2D eigenvalue weighted by molar-refractivity contribution is 5.83. The van der Waals surface area contributed by atoms with Gasteiger partial charge in [0, 0.05) is 13.5 Å². The molecule has 90 valence electrons. The van der Waals surface area contributed by atoms with E-state index in [4.69, 9.17) is 5.11 Å². The summed E-state index contributed by atoms with van der Waals surface area (Å²) in [4.78, 5) is 14.8. The third kappa shape index (κ3) is 1.91. The van der Waals surface area contributed by atoms with Gasteiger partial charge in [-0.15, -0.1) is 5.10 Å². The highest BCUT2D eigenvalue weighted by Crippen LogP contribution is 2.13. The quantitative estimate of drug-likeness (QED) is 0.840. The number of rotatable bonds is 3. The Labute approximate surface area is 97.7 Å². The van der Waals surface area contributed by atoms with Gasteiger partial charge in [0.1, 0.15) is 11.5 Å². The van der Waals surface area contributed by atoms with Crippen LogP contribution in [0, 0.1) is 6.92 Å². The summed E-state index contributed by atoms with van der Waals surface area (Å²) >= 11 is 0. The van der Waals surface area contributed by atoms with Crippen LogP contribution in [0.2, 0.25) is 0 Å². The molecule has 17 heavy (non-hydrogen) atoms. The second-order valence-electron chi connectivity index (χ2n) is 3.70. The zero-order chi connectivity index (χ0) is 12.6. The molecule has 2 heterocycles. The molecule has 0 saturated heterocycles. The number of aromatic carboxylic acids is 1. The van der Waals surface area contributed by atoms with Crippen LogP contribution in [0.15, 0.2) is 6.20 Å². The molecule has 2 aromatic rings. The maximum atomic E-state index is 10.8. The Bertz CT molecular complexity index is 569. The van der Waals surface area contributed by atoms with Crippen LogP contribution in [0.3, 0.4) is 0 Å². The summed E-state index contributed by atoms with van der Waals surface area (Å²) in [7, 11) is 1.80. The van der Waals surface area contributed by atoms with E-state index in [-0.39, 0.29) is 5.82 Å². The molecule has 0 saturated carbocycles. The Hall–Kier alpha value is -2.18. The van der Waals surface area contributed by atoms with E-state index in [0.29, 0.717) is 12.2 Å². The molecule has 2 aromatic heterocycles. The second-order valence-corrected chi connectivity index (χ2v) is 3.70. The minimum Gasteiger partial charge on any atom is -0.475 e. The molecule has 0 spiro atoms. The fourth-order valence-corrected chi connectivity index (χ4v) is 1.65. The van der Waals surface area contributed by atoms with Crippen molar-refractivity contribution in [2.24, 2.45) is 7.05 Å². The third-order valence-electron chi connectivity index (χ3n) is 2.40. The van der Waals surface area contributed by atoms with Gasteiger partial charge in [-0.2, -0.15) is 5.10 Å². The van der Waals surface area contributed by atoms with Crippen LogP contribution in [-0.2, 0) is 13.5 Å². The maximum Gasteiger partial charge on any atom is 0.375 e. The van der Waals surface area contributed by atoms with Crippen molar-refractivity contribution in [3.63, 3.8) is 0 Å². The van der Waals surface area contributed by atoms with Gasteiger partial charge < -0.3 is 5.11 Å². The number of carbonyl (C=O) groups is 1. The third-order valence-corrected chi connectivity index (χ3v) is 2.40. The first kappa shape index (κ1) is 11.3. The number of hydrogen-bond donors (Lipinski definition) is 1. The van der Waals surface area contributed by atoms with Gasteiger partial charge in [0.25, 0.3) is 5.82 Å². The van der Waals surface area contributed by atoms with Crippen LogP contribution < -0.4 is 0 Å². The lowest BCUT2D eigenvalue weighted by molar-refractivity contribution is 0.0683. The minimum atomic E-state index is -1.13. The Morgan fingerprint density at radius 3 is 2.65 bits per heavy atom. The lowest BCUT2D eigenvalue weighted by atomic mass is 10.4. The van der Waals surface area contributed by atoms with E-state index in [0.717, 1.165) is 11.4 Å². The van der Waals surface area contributed by atoms with Gasteiger partial charge in [0.2, 0.25) is 0 Å². The van der Waals surface area contributed by atoms with Crippen molar-refractivity contribution in [1.82, 2.24) is 24.5 Å². The smallest absolute Gasteiger partial charge is 0.375 e. The Morgan fingerprint density at radius 1 is 1.47 bits per heavy atom. The van der Waals surface area contributed by atoms with Crippen LogP contribution in [0.4, 0.5) is 0 Å². The van der Waals surface area contributed by atoms with E-state index in [1.54, 1.807) is 17.9 Å². The molecule has 0 fully saturated rings. The van der Waals surface area contributed by atoms with Crippen molar-refractivity contribution in [3.8, 4) is 5.69 Å². The van der Waals surface area contributed by atoms with E-state index in [1.807, 2.05) is 13.8 Å². The van der Waals surface area contributed by atoms with Crippen molar-refractivity contribution in [3.05, 3.63) is 23.5 Å². The van der Waals surface area contributed by atoms with Crippen molar-refractivity contribution < 1.29 is 9.90 Å². The van der Waals surface area contributed by atoms with E-state index in [2.05, 4.69) is 15.2 Å². The van der Waals surface area contributed by atoms with Crippen LogP contribution in [0.5, 0.6) is 0 Å². The van der Waals surface area contributed by atoms with Gasteiger partial charge >= 0.3 is 5.97 Å². The van der Waals surface area contributed by atoms with Crippen LogP contribution in [-0.4, -0.2) is 35.6 Å². The molecular weight excluding hydrogens is 222 g/mol. The zero-order valence-electron chi connectivity index (χ0n) is 9.88. The Balaban J connectivity index is 2.58. The fraction of sp³-hybridized carbons (Fsp3) is 0.400. The molecule has 1 N–H and O–H groups in total. The van der Waals surface area contributed by atoms with Gasteiger partial charge in [-0.05, 0) is 6.92 Å². The van der Waals surface area contributed by atoms with Gasteiger partial charge in [-0.25, -0.2) is 14.5 Å². The standard InChI is InChI=1S/C10H13N5O2/c1-4-8-11-9(10(16)17)13-15(8)7-5-14(3)12-6(7)2/h5H,4H2,1-3H3,(H,16,17). The molecule has 0 aliphatic heterocycles. The molecule has 0 radical (unpaired) electrons. The van der Waals surface area contributed by atoms with E-state index in [1.165, 1.54) is 4.68 Å². The fourth-order valence-electron chi connectivity index (χ4n) is 1.65. The normalized spacial score (nSPS) is 10.8. The number of nitrogens with zero attached hydrogens (tertiary/aromatic N) is 5. The maximum absolute atomic E-state index is 10.8. The summed E-state index contributed by atoms with van der Waals surface area (Å²) in [6.45, 7) is 3.74. The summed E-state index contributed by atoms with van der Waals surface area (Å²) in [6.07, 6.45) is 2.39. The van der Waals surface area contributed by atoms with Gasteiger partial charge in [0.05, 0.1) is 11.9 Å². The van der Waals surface area contributed by atoms with E-state index in [9.17, 15) is 4.79 Å². The average molecular weight is 235 g/mol. The highest BCUT2D eigenvalue weighted by Gasteiger charge is 2.17. The van der Waals surface area contributed by atoms with Crippen LogP contribution >= 0.6 is 0 Å². The molecule has 7 heteroatoms. The second kappa shape index (κ2) is 4.00. The molecular formula is C10H13N5O2. The first-order valence-electron chi connectivity index (χ1n) is 5.22. The number of aromatic nitrogens is 5. The highest BCUT2D eigenvalue weighted by atomic mass is 16.4. The van der Waals surface area contributed by atoms with Crippen LogP contribution in [0.1, 0.15) is 29.1 Å². The lowest BCUT2D eigenvalue weighted by Crippen LogP contribution is -2.03. The average Bonchev–Trinajstić information content (AvgIpc) is 2.81. The predicted molar refractivity (Wildman–Crippen MR) is 59.2 cm³/mol. The molecule has 0 aromatic carbocycles. The topological polar surface area (TPSA) is 85.8 Å². The molecule has 0 bridgehead atoms. The molecule has 0 atom stereocenters. The number of carboxylic acids is 1. The van der Waals surface area contributed by atoms with Gasteiger partial charge in [-0.1, -0.05) is 6.92 Å². The largest absolute Gasteiger partial charge is 0.475 e. The summed E-state index contributed by atoms with van der Waals surface area (Å²) in [5, 5.41) is 17.1. The number of aryl methyl sites for hydroxylation is 3. The van der Waals surface area contributed by atoms with Crippen molar-refractivity contribution >= 4 is 5.97 Å². The number of carboxylic acid groups (broad SMARTS) is 1. The molecule has 0 aliphatic rings.